The molecule has 1 rings (SSSR count). The van der Waals surface area contributed by atoms with Crippen LogP contribution in [0.25, 0.3) is 0 Å². The standard InChI is InChI=1S/C15H32N2O/c1-3-10-16-11-6-5-7-12-17-13-8-15(9-14-17)18-4-2/h15-16H,3-14H2,1-2H3. The van der Waals surface area contributed by atoms with Crippen LogP contribution < -0.4 is 5.32 Å². The fourth-order valence-corrected chi connectivity index (χ4v) is 2.60. The monoisotopic (exact) mass is 256 g/mol. The van der Waals surface area contributed by atoms with Crippen molar-refractivity contribution in [3.63, 3.8) is 0 Å². The summed E-state index contributed by atoms with van der Waals surface area (Å²) in [5, 5.41) is 3.46. The van der Waals surface area contributed by atoms with Crippen LogP contribution >= 0.6 is 0 Å². The van der Waals surface area contributed by atoms with Crippen molar-refractivity contribution in [2.75, 3.05) is 39.3 Å². The van der Waals surface area contributed by atoms with E-state index in [0.29, 0.717) is 6.10 Å². The zero-order chi connectivity index (χ0) is 13.1. The summed E-state index contributed by atoms with van der Waals surface area (Å²) in [6.45, 7) is 11.3. The lowest BCUT2D eigenvalue weighted by Crippen LogP contribution is -2.37. The van der Waals surface area contributed by atoms with Crippen molar-refractivity contribution >= 4 is 0 Å². The largest absolute Gasteiger partial charge is 0.378 e. The summed E-state index contributed by atoms with van der Waals surface area (Å²) in [5.74, 6) is 0. The minimum Gasteiger partial charge on any atom is -0.378 e. The molecule has 0 spiro atoms. The first kappa shape index (κ1) is 15.9. The van der Waals surface area contributed by atoms with Crippen LogP contribution in [0.1, 0.15) is 52.4 Å². The molecule has 0 aliphatic carbocycles. The van der Waals surface area contributed by atoms with Gasteiger partial charge in [-0.15, -0.1) is 0 Å². The zero-order valence-corrected chi connectivity index (χ0v) is 12.4. The number of piperidine rings is 1. The van der Waals surface area contributed by atoms with Crippen LogP contribution in [0, 0.1) is 0 Å². The van der Waals surface area contributed by atoms with Gasteiger partial charge in [-0.25, -0.2) is 0 Å². The molecule has 0 bridgehead atoms. The quantitative estimate of drug-likeness (QED) is 0.608. The second-order valence-corrected chi connectivity index (χ2v) is 5.31. The number of hydrogen-bond acceptors (Lipinski definition) is 3. The molecule has 1 fully saturated rings. The first-order valence-corrected chi connectivity index (χ1v) is 7.91. The van der Waals surface area contributed by atoms with Crippen LogP contribution in [0.5, 0.6) is 0 Å². The van der Waals surface area contributed by atoms with Gasteiger partial charge < -0.3 is 15.0 Å². The average molecular weight is 256 g/mol. The third kappa shape index (κ3) is 7.34. The Balaban J connectivity index is 1.88. The van der Waals surface area contributed by atoms with E-state index in [1.54, 1.807) is 0 Å². The van der Waals surface area contributed by atoms with Crippen LogP contribution in [0.3, 0.4) is 0 Å². The Morgan fingerprint density at radius 2 is 1.83 bits per heavy atom. The van der Waals surface area contributed by atoms with E-state index < -0.39 is 0 Å². The number of rotatable bonds is 10. The molecule has 1 aliphatic rings. The van der Waals surface area contributed by atoms with Crippen molar-refractivity contribution in [1.29, 1.82) is 0 Å². The van der Waals surface area contributed by atoms with E-state index in [9.17, 15) is 0 Å². The first-order valence-electron chi connectivity index (χ1n) is 7.91. The molecule has 1 aliphatic heterocycles. The Labute approximate surface area is 113 Å². The van der Waals surface area contributed by atoms with E-state index in [1.807, 2.05) is 0 Å². The lowest BCUT2D eigenvalue weighted by molar-refractivity contribution is 0.0140. The van der Waals surface area contributed by atoms with Crippen molar-refractivity contribution < 1.29 is 4.74 Å². The third-order valence-electron chi connectivity index (χ3n) is 3.69. The SMILES string of the molecule is CCCNCCCCCN1CCC(OCC)CC1. The normalized spacial score (nSPS) is 18.3. The highest BCUT2D eigenvalue weighted by Crippen LogP contribution is 2.14. The molecule has 18 heavy (non-hydrogen) atoms. The van der Waals surface area contributed by atoms with Gasteiger partial charge in [-0.2, -0.15) is 0 Å². The highest BCUT2D eigenvalue weighted by molar-refractivity contribution is 4.72. The molecule has 0 radical (unpaired) electrons. The Kier molecular flexibility index (Phi) is 9.54. The van der Waals surface area contributed by atoms with Crippen LogP contribution in [-0.2, 0) is 4.74 Å². The van der Waals surface area contributed by atoms with Gasteiger partial charge in [0.05, 0.1) is 6.10 Å². The summed E-state index contributed by atoms with van der Waals surface area (Å²) in [6, 6.07) is 0. The van der Waals surface area contributed by atoms with E-state index >= 15 is 0 Å². The van der Waals surface area contributed by atoms with Crippen molar-refractivity contribution in [1.82, 2.24) is 10.2 Å². The smallest absolute Gasteiger partial charge is 0.0599 e. The van der Waals surface area contributed by atoms with Gasteiger partial charge in [-0.05, 0) is 58.7 Å². The maximum atomic E-state index is 5.68. The van der Waals surface area contributed by atoms with Gasteiger partial charge in [0, 0.05) is 19.7 Å². The molecule has 0 amide bonds. The molecule has 0 aromatic rings. The minimum atomic E-state index is 0.532. The second kappa shape index (κ2) is 10.8. The summed E-state index contributed by atoms with van der Waals surface area (Å²) in [5.41, 5.74) is 0. The summed E-state index contributed by atoms with van der Waals surface area (Å²) in [4.78, 5) is 2.61. The molecular formula is C15H32N2O. The molecule has 0 atom stereocenters. The van der Waals surface area contributed by atoms with Crippen molar-refractivity contribution in [3.05, 3.63) is 0 Å². The van der Waals surface area contributed by atoms with Gasteiger partial charge in [-0.3, -0.25) is 0 Å². The van der Waals surface area contributed by atoms with Gasteiger partial charge >= 0.3 is 0 Å². The van der Waals surface area contributed by atoms with Crippen LogP contribution in [0.15, 0.2) is 0 Å². The highest BCUT2D eigenvalue weighted by Gasteiger charge is 2.18. The van der Waals surface area contributed by atoms with Gasteiger partial charge in [0.1, 0.15) is 0 Å². The summed E-state index contributed by atoms with van der Waals surface area (Å²) in [6.07, 6.45) is 8.28. The third-order valence-corrected chi connectivity index (χ3v) is 3.69. The molecule has 0 aromatic carbocycles. The molecule has 1 saturated heterocycles. The molecule has 1 heterocycles. The van der Waals surface area contributed by atoms with E-state index in [4.69, 9.17) is 4.74 Å². The summed E-state index contributed by atoms with van der Waals surface area (Å²) in [7, 11) is 0. The molecule has 0 aromatic heterocycles. The Morgan fingerprint density at radius 3 is 2.50 bits per heavy atom. The van der Waals surface area contributed by atoms with Gasteiger partial charge in [0.15, 0.2) is 0 Å². The van der Waals surface area contributed by atoms with E-state index in [2.05, 4.69) is 24.1 Å². The van der Waals surface area contributed by atoms with Crippen LogP contribution in [0.4, 0.5) is 0 Å². The Bertz CT molecular complexity index is 179. The van der Waals surface area contributed by atoms with Gasteiger partial charge in [0.2, 0.25) is 0 Å². The van der Waals surface area contributed by atoms with Crippen LogP contribution in [0.2, 0.25) is 0 Å². The molecule has 0 saturated carbocycles. The Morgan fingerprint density at radius 1 is 1.06 bits per heavy atom. The number of nitrogens with one attached hydrogen (secondary N) is 1. The Hall–Kier alpha value is -0.120. The lowest BCUT2D eigenvalue weighted by Gasteiger charge is -2.31. The first-order chi connectivity index (χ1) is 8.86. The summed E-state index contributed by atoms with van der Waals surface area (Å²) < 4.78 is 5.68. The maximum Gasteiger partial charge on any atom is 0.0599 e. The number of nitrogens with zero attached hydrogens (tertiary/aromatic N) is 1. The molecular weight excluding hydrogens is 224 g/mol. The predicted molar refractivity (Wildman–Crippen MR) is 78.1 cm³/mol. The maximum absolute atomic E-state index is 5.68. The average Bonchev–Trinajstić information content (AvgIpc) is 2.40. The van der Waals surface area contributed by atoms with Crippen molar-refractivity contribution in [2.24, 2.45) is 0 Å². The minimum absolute atomic E-state index is 0.532. The predicted octanol–water partition coefficient (Wildman–Crippen LogP) is 2.66. The van der Waals surface area contributed by atoms with E-state index in [0.717, 1.165) is 6.61 Å². The number of hydrogen-bond donors (Lipinski definition) is 1. The van der Waals surface area contributed by atoms with E-state index in [-0.39, 0.29) is 0 Å². The topological polar surface area (TPSA) is 24.5 Å². The second-order valence-electron chi connectivity index (χ2n) is 5.31. The highest BCUT2D eigenvalue weighted by atomic mass is 16.5. The van der Waals surface area contributed by atoms with Gasteiger partial charge in [-0.1, -0.05) is 13.3 Å². The van der Waals surface area contributed by atoms with Crippen molar-refractivity contribution in [3.8, 4) is 0 Å². The van der Waals surface area contributed by atoms with E-state index in [1.165, 1.54) is 71.2 Å². The molecule has 3 heteroatoms. The zero-order valence-electron chi connectivity index (χ0n) is 12.4. The number of unbranched alkanes of at least 4 members (excludes halogenated alkanes) is 2. The fraction of sp³-hybridized carbons (Fsp3) is 1.00. The molecule has 0 unspecified atom stereocenters. The number of ether oxygens (including phenoxy) is 1. The molecule has 108 valence electrons. The van der Waals surface area contributed by atoms with Gasteiger partial charge in [0.25, 0.3) is 0 Å². The summed E-state index contributed by atoms with van der Waals surface area (Å²) >= 11 is 0. The van der Waals surface area contributed by atoms with Crippen molar-refractivity contribution in [2.45, 2.75) is 58.5 Å². The molecule has 3 nitrogen and oxygen atoms in total. The lowest BCUT2D eigenvalue weighted by atomic mass is 10.1. The van der Waals surface area contributed by atoms with Crippen LogP contribution in [-0.4, -0.2) is 50.3 Å². The fourth-order valence-electron chi connectivity index (χ4n) is 2.60. The number of likely N-dealkylation sites (tertiary alicyclic amines) is 1. The molecule has 1 N–H and O–H groups in total.